The molecular formula is C14H21N3O3. The number of hydrogen-bond acceptors (Lipinski definition) is 6. The predicted octanol–water partition coefficient (Wildman–Crippen LogP) is 1.05. The van der Waals surface area contributed by atoms with E-state index in [1.807, 2.05) is 11.8 Å². The fourth-order valence-electron chi connectivity index (χ4n) is 2.58. The van der Waals surface area contributed by atoms with E-state index in [0.717, 1.165) is 25.9 Å². The molecule has 1 aliphatic heterocycles. The maximum absolute atomic E-state index is 11.8. The fourth-order valence-corrected chi connectivity index (χ4v) is 2.58. The molecule has 0 amide bonds. The number of carbonyl (C=O) groups is 1. The summed E-state index contributed by atoms with van der Waals surface area (Å²) in [6, 6.07) is 1.59. The van der Waals surface area contributed by atoms with Gasteiger partial charge in [-0.25, -0.2) is 9.78 Å². The zero-order valence-electron chi connectivity index (χ0n) is 11.9. The molecule has 0 spiro atoms. The van der Waals surface area contributed by atoms with E-state index in [2.05, 4.69) is 4.98 Å². The molecule has 1 unspecified atom stereocenters. The lowest BCUT2D eigenvalue weighted by Gasteiger charge is -2.34. The summed E-state index contributed by atoms with van der Waals surface area (Å²) in [5.41, 5.74) is 6.52. The summed E-state index contributed by atoms with van der Waals surface area (Å²) in [6.07, 6.45) is 3.01. The number of hydrogen-bond donors (Lipinski definition) is 2. The van der Waals surface area contributed by atoms with Gasteiger partial charge in [0.2, 0.25) is 0 Å². The average Bonchev–Trinajstić information content (AvgIpc) is 2.46. The quantitative estimate of drug-likeness (QED) is 0.804. The maximum Gasteiger partial charge on any atom is 0.341 e. The van der Waals surface area contributed by atoms with Gasteiger partial charge >= 0.3 is 5.97 Å². The highest BCUT2D eigenvalue weighted by molar-refractivity contribution is 5.95. The molecule has 1 fully saturated rings. The number of aliphatic hydroxyl groups is 1. The Morgan fingerprint density at radius 1 is 1.55 bits per heavy atom. The third-order valence-electron chi connectivity index (χ3n) is 3.81. The van der Waals surface area contributed by atoms with Gasteiger partial charge in [0.15, 0.2) is 0 Å². The Hall–Kier alpha value is -1.82. The molecule has 0 aromatic carbocycles. The number of nitrogens with two attached hydrogens (primary N) is 1. The number of esters is 1. The Balaban J connectivity index is 2.19. The highest BCUT2D eigenvalue weighted by Crippen LogP contribution is 2.27. The first kappa shape index (κ1) is 14.6. The molecule has 0 radical (unpaired) electrons. The normalized spacial score (nSPS) is 17.9. The zero-order valence-corrected chi connectivity index (χ0v) is 11.9. The van der Waals surface area contributed by atoms with Crippen LogP contribution in [0.4, 0.5) is 11.5 Å². The Morgan fingerprint density at radius 2 is 2.20 bits per heavy atom. The van der Waals surface area contributed by atoms with Crippen LogP contribution in [0.25, 0.3) is 0 Å². The molecule has 0 bridgehead atoms. The van der Waals surface area contributed by atoms with E-state index in [4.69, 9.17) is 10.5 Å². The molecule has 6 nitrogen and oxygen atoms in total. The first-order valence-electron chi connectivity index (χ1n) is 6.79. The molecule has 0 saturated carbocycles. The highest BCUT2D eigenvalue weighted by Gasteiger charge is 2.26. The molecule has 3 N–H and O–H groups in total. The second kappa shape index (κ2) is 6.09. The molecule has 2 heterocycles. The number of nitrogens with zero attached hydrogens (tertiary/aromatic N) is 2. The molecule has 110 valence electrons. The van der Waals surface area contributed by atoms with Crippen molar-refractivity contribution in [1.82, 2.24) is 4.98 Å². The number of anilines is 2. The number of aromatic nitrogens is 1. The van der Waals surface area contributed by atoms with Crippen LogP contribution >= 0.6 is 0 Å². The summed E-state index contributed by atoms with van der Waals surface area (Å²) in [4.78, 5) is 18.1. The SMILES string of the molecule is COC(=O)c1cc(N)cnc1N1CCC(C(C)O)CC1. The van der Waals surface area contributed by atoms with Crippen LogP contribution in [0, 0.1) is 5.92 Å². The average molecular weight is 279 g/mol. The fraction of sp³-hybridized carbons (Fsp3) is 0.571. The number of aliphatic hydroxyl groups excluding tert-OH is 1. The van der Waals surface area contributed by atoms with Crippen LogP contribution in [-0.4, -0.2) is 42.4 Å². The van der Waals surface area contributed by atoms with Gasteiger partial charge < -0.3 is 20.5 Å². The molecule has 1 atom stereocenters. The van der Waals surface area contributed by atoms with E-state index in [9.17, 15) is 9.90 Å². The minimum atomic E-state index is -0.433. The lowest BCUT2D eigenvalue weighted by atomic mass is 9.92. The van der Waals surface area contributed by atoms with Crippen molar-refractivity contribution in [2.75, 3.05) is 30.8 Å². The van der Waals surface area contributed by atoms with E-state index in [1.54, 1.807) is 12.3 Å². The molecule has 0 aliphatic carbocycles. The van der Waals surface area contributed by atoms with E-state index < -0.39 is 5.97 Å². The number of piperidine rings is 1. The largest absolute Gasteiger partial charge is 0.465 e. The van der Waals surface area contributed by atoms with Gasteiger partial charge in [-0.05, 0) is 31.7 Å². The standard InChI is InChI=1S/C14H21N3O3/c1-9(18)10-3-5-17(6-4-10)13-12(14(19)20-2)7-11(15)8-16-13/h7-10,18H,3-6,15H2,1-2H3. The Morgan fingerprint density at radius 3 is 2.75 bits per heavy atom. The van der Waals surface area contributed by atoms with Crippen LogP contribution in [0.5, 0.6) is 0 Å². The van der Waals surface area contributed by atoms with Gasteiger partial charge in [-0.15, -0.1) is 0 Å². The van der Waals surface area contributed by atoms with Crippen molar-refractivity contribution in [3.63, 3.8) is 0 Å². The number of methoxy groups -OCH3 is 1. The topological polar surface area (TPSA) is 88.7 Å². The van der Waals surface area contributed by atoms with Gasteiger partial charge in [-0.2, -0.15) is 0 Å². The molecule has 6 heteroatoms. The highest BCUT2D eigenvalue weighted by atomic mass is 16.5. The minimum Gasteiger partial charge on any atom is -0.465 e. The van der Waals surface area contributed by atoms with Crippen LogP contribution in [0.3, 0.4) is 0 Å². The minimum absolute atomic E-state index is 0.295. The number of pyridine rings is 1. The monoisotopic (exact) mass is 279 g/mol. The smallest absolute Gasteiger partial charge is 0.341 e. The van der Waals surface area contributed by atoms with Crippen molar-refractivity contribution in [2.24, 2.45) is 5.92 Å². The number of ether oxygens (including phenoxy) is 1. The summed E-state index contributed by atoms with van der Waals surface area (Å²) in [6.45, 7) is 3.34. The van der Waals surface area contributed by atoms with Gasteiger partial charge in [0.25, 0.3) is 0 Å². The van der Waals surface area contributed by atoms with Gasteiger partial charge in [0.1, 0.15) is 11.4 Å². The van der Waals surface area contributed by atoms with Crippen LogP contribution < -0.4 is 10.6 Å². The summed E-state index contributed by atoms with van der Waals surface area (Å²) in [5, 5.41) is 9.63. The van der Waals surface area contributed by atoms with Crippen molar-refractivity contribution < 1.29 is 14.6 Å². The maximum atomic E-state index is 11.8. The van der Waals surface area contributed by atoms with Crippen molar-refractivity contribution in [3.8, 4) is 0 Å². The summed E-state index contributed by atoms with van der Waals surface area (Å²) >= 11 is 0. The Kier molecular flexibility index (Phi) is 4.44. The second-order valence-corrected chi connectivity index (χ2v) is 5.20. The van der Waals surface area contributed by atoms with Crippen LogP contribution in [0.1, 0.15) is 30.1 Å². The Bertz CT molecular complexity index is 483. The third kappa shape index (κ3) is 3.01. The lowest BCUT2D eigenvalue weighted by Crippen LogP contribution is -2.38. The van der Waals surface area contributed by atoms with Crippen molar-refractivity contribution in [2.45, 2.75) is 25.9 Å². The van der Waals surface area contributed by atoms with E-state index in [1.165, 1.54) is 7.11 Å². The molecule has 1 aromatic heterocycles. The van der Waals surface area contributed by atoms with Crippen LogP contribution in [-0.2, 0) is 4.74 Å². The van der Waals surface area contributed by atoms with Crippen molar-refractivity contribution in [3.05, 3.63) is 17.8 Å². The second-order valence-electron chi connectivity index (χ2n) is 5.20. The summed E-state index contributed by atoms with van der Waals surface area (Å²) < 4.78 is 4.78. The summed E-state index contributed by atoms with van der Waals surface area (Å²) in [5.74, 6) is 0.481. The molecule has 1 aromatic rings. The number of carbonyl (C=O) groups excluding carboxylic acids is 1. The molecule has 2 rings (SSSR count). The number of rotatable bonds is 3. The Labute approximate surface area is 118 Å². The third-order valence-corrected chi connectivity index (χ3v) is 3.81. The van der Waals surface area contributed by atoms with Gasteiger partial charge in [0.05, 0.1) is 25.1 Å². The van der Waals surface area contributed by atoms with Crippen LogP contribution in [0.15, 0.2) is 12.3 Å². The first-order valence-corrected chi connectivity index (χ1v) is 6.79. The molecule has 1 aliphatic rings. The van der Waals surface area contributed by atoms with E-state index >= 15 is 0 Å². The molecular weight excluding hydrogens is 258 g/mol. The predicted molar refractivity (Wildman–Crippen MR) is 76.6 cm³/mol. The van der Waals surface area contributed by atoms with Gasteiger partial charge in [0, 0.05) is 13.1 Å². The van der Waals surface area contributed by atoms with Gasteiger partial charge in [-0.1, -0.05) is 0 Å². The lowest BCUT2D eigenvalue weighted by molar-refractivity contribution is 0.0600. The first-order chi connectivity index (χ1) is 9.52. The zero-order chi connectivity index (χ0) is 14.7. The number of nitrogen functional groups attached to an aromatic ring is 1. The summed E-state index contributed by atoms with van der Waals surface area (Å²) in [7, 11) is 1.34. The van der Waals surface area contributed by atoms with Gasteiger partial charge in [-0.3, -0.25) is 0 Å². The van der Waals surface area contributed by atoms with E-state index in [-0.39, 0.29) is 6.10 Å². The van der Waals surface area contributed by atoms with Crippen molar-refractivity contribution in [1.29, 1.82) is 0 Å². The van der Waals surface area contributed by atoms with Crippen LogP contribution in [0.2, 0.25) is 0 Å². The molecule has 20 heavy (non-hydrogen) atoms. The van der Waals surface area contributed by atoms with Crippen molar-refractivity contribution >= 4 is 17.5 Å². The molecule has 1 saturated heterocycles. The van der Waals surface area contributed by atoms with E-state index in [0.29, 0.717) is 23.0 Å².